The molecule has 2 atom stereocenters. The number of hydrogen-bond donors (Lipinski definition) is 0. The van der Waals surface area contributed by atoms with Gasteiger partial charge in [0.2, 0.25) is 0 Å². The lowest BCUT2D eigenvalue weighted by atomic mass is 10.1. The number of fused-ring (bicyclic) bond motifs is 1. The third kappa shape index (κ3) is 3.91. The molecule has 0 amide bonds. The van der Waals surface area contributed by atoms with Crippen LogP contribution in [0.3, 0.4) is 0 Å². The van der Waals surface area contributed by atoms with Gasteiger partial charge in [0, 0.05) is 25.8 Å². The molecule has 0 bridgehead atoms. The van der Waals surface area contributed by atoms with Gasteiger partial charge in [-0.1, -0.05) is 5.21 Å². The number of morpholine rings is 1. The number of hydrogen-bond acceptors (Lipinski definition) is 9. The summed E-state index contributed by atoms with van der Waals surface area (Å²) >= 11 is 1.47. The molecule has 0 aromatic carbocycles. The lowest BCUT2D eigenvalue weighted by Gasteiger charge is -2.34. The molecule has 2 aliphatic rings. The highest BCUT2D eigenvalue weighted by Crippen LogP contribution is 2.40. The molecule has 0 radical (unpaired) electrons. The number of aryl methyl sites for hydroxylation is 3. The second-order valence-corrected chi connectivity index (χ2v) is 10.2. The number of aromatic nitrogens is 7. The molecule has 0 N–H and O–H groups in total. The van der Waals surface area contributed by atoms with Crippen LogP contribution in [-0.4, -0.2) is 66.5 Å². The van der Waals surface area contributed by atoms with Gasteiger partial charge in [-0.3, -0.25) is 0 Å². The van der Waals surface area contributed by atoms with Crippen LogP contribution < -0.4 is 4.90 Å². The van der Waals surface area contributed by atoms with Crippen molar-refractivity contribution < 1.29 is 9.47 Å². The van der Waals surface area contributed by atoms with Gasteiger partial charge in [0.15, 0.2) is 6.23 Å². The van der Waals surface area contributed by atoms with Crippen LogP contribution in [-0.2, 0) is 16.5 Å². The largest absolute Gasteiger partial charge is 0.377 e. The fraction of sp³-hybridized carbons (Fsp3) is 0.542. The summed E-state index contributed by atoms with van der Waals surface area (Å²) in [5.74, 6) is 0.919. The minimum atomic E-state index is -0.0744. The maximum Gasteiger partial charge on any atom is 0.150 e. The Morgan fingerprint density at radius 1 is 1.14 bits per heavy atom. The molecule has 6 rings (SSSR count). The molecular weight excluding hydrogens is 464 g/mol. The third-order valence-corrected chi connectivity index (χ3v) is 7.72. The first-order chi connectivity index (χ1) is 17.0. The van der Waals surface area contributed by atoms with Crippen molar-refractivity contribution in [1.29, 1.82) is 0 Å². The van der Waals surface area contributed by atoms with Gasteiger partial charge in [-0.15, -0.1) is 5.10 Å². The molecule has 184 valence electrons. The van der Waals surface area contributed by atoms with Gasteiger partial charge in [-0.25, -0.2) is 14.3 Å². The number of ether oxygens (including phenoxy) is 2. The van der Waals surface area contributed by atoms with Crippen LogP contribution in [0.25, 0.3) is 32.9 Å². The van der Waals surface area contributed by atoms with Crippen LogP contribution >= 0.6 is 11.5 Å². The Morgan fingerprint density at radius 2 is 2.03 bits per heavy atom. The van der Waals surface area contributed by atoms with Crippen molar-refractivity contribution in [3.8, 4) is 22.6 Å². The Morgan fingerprint density at radius 3 is 2.77 bits per heavy atom. The molecule has 0 saturated carbocycles. The van der Waals surface area contributed by atoms with Gasteiger partial charge < -0.3 is 14.4 Å². The first-order valence-electron chi connectivity index (χ1n) is 12.2. The second kappa shape index (κ2) is 8.96. The van der Waals surface area contributed by atoms with Crippen LogP contribution in [0.2, 0.25) is 0 Å². The monoisotopic (exact) mass is 494 g/mol. The van der Waals surface area contributed by atoms with E-state index in [9.17, 15) is 0 Å². The summed E-state index contributed by atoms with van der Waals surface area (Å²) in [4.78, 5) is 7.52. The minimum Gasteiger partial charge on any atom is -0.377 e. The molecule has 2 saturated heterocycles. The van der Waals surface area contributed by atoms with Crippen LogP contribution in [0.4, 0.5) is 5.82 Å². The van der Waals surface area contributed by atoms with E-state index in [1.807, 2.05) is 30.3 Å². The van der Waals surface area contributed by atoms with Crippen molar-refractivity contribution in [3.05, 3.63) is 23.5 Å². The van der Waals surface area contributed by atoms with Crippen LogP contribution in [0, 0.1) is 13.8 Å². The van der Waals surface area contributed by atoms with Crippen molar-refractivity contribution in [2.24, 2.45) is 7.05 Å². The summed E-state index contributed by atoms with van der Waals surface area (Å²) in [5, 5.41) is 13.4. The van der Waals surface area contributed by atoms with E-state index in [0.29, 0.717) is 13.2 Å². The molecule has 2 fully saturated rings. The van der Waals surface area contributed by atoms with Gasteiger partial charge >= 0.3 is 0 Å². The molecule has 0 spiro atoms. The molecule has 11 heteroatoms. The summed E-state index contributed by atoms with van der Waals surface area (Å²) in [6.07, 6.45) is 3.10. The average molecular weight is 495 g/mol. The summed E-state index contributed by atoms with van der Waals surface area (Å²) in [6, 6.07) is 4.48. The summed E-state index contributed by atoms with van der Waals surface area (Å²) in [5.41, 5.74) is 6.53. The fourth-order valence-corrected chi connectivity index (χ4v) is 5.97. The average Bonchev–Trinajstić information content (AvgIpc) is 3.55. The second-order valence-electron chi connectivity index (χ2n) is 9.44. The first kappa shape index (κ1) is 22.6. The van der Waals surface area contributed by atoms with Gasteiger partial charge in [0.25, 0.3) is 0 Å². The van der Waals surface area contributed by atoms with E-state index < -0.39 is 0 Å². The highest BCUT2D eigenvalue weighted by Gasteiger charge is 2.28. The molecule has 0 aliphatic carbocycles. The maximum atomic E-state index is 6.09. The Hall–Kier alpha value is -2.89. The van der Waals surface area contributed by atoms with Gasteiger partial charge in [0.05, 0.1) is 46.7 Å². The smallest absolute Gasteiger partial charge is 0.150 e. The van der Waals surface area contributed by atoms with E-state index in [-0.39, 0.29) is 12.3 Å². The summed E-state index contributed by atoms with van der Waals surface area (Å²) < 4.78 is 21.6. The van der Waals surface area contributed by atoms with Crippen molar-refractivity contribution in [2.75, 3.05) is 31.3 Å². The molecule has 1 unspecified atom stereocenters. The minimum absolute atomic E-state index is 0.0744. The Balaban J connectivity index is 1.57. The van der Waals surface area contributed by atoms with E-state index in [2.05, 4.69) is 34.3 Å². The van der Waals surface area contributed by atoms with Crippen molar-refractivity contribution in [3.63, 3.8) is 0 Å². The van der Waals surface area contributed by atoms with E-state index >= 15 is 0 Å². The third-order valence-electron chi connectivity index (χ3n) is 6.85. The molecule has 4 aromatic rings. The van der Waals surface area contributed by atoms with Crippen molar-refractivity contribution in [1.82, 2.24) is 34.1 Å². The molecule has 35 heavy (non-hydrogen) atoms. The highest BCUT2D eigenvalue weighted by atomic mass is 32.1. The zero-order valence-electron chi connectivity index (χ0n) is 20.6. The van der Waals surface area contributed by atoms with Crippen LogP contribution in [0.15, 0.2) is 12.1 Å². The zero-order valence-corrected chi connectivity index (χ0v) is 21.4. The number of anilines is 1. The van der Waals surface area contributed by atoms with Gasteiger partial charge in [-0.05, 0) is 63.7 Å². The normalized spacial score (nSPS) is 21.2. The van der Waals surface area contributed by atoms with E-state index in [4.69, 9.17) is 23.9 Å². The highest BCUT2D eigenvalue weighted by molar-refractivity contribution is 7.14. The lowest BCUT2D eigenvalue weighted by molar-refractivity contribution is -0.0385. The van der Waals surface area contributed by atoms with Crippen molar-refractivity contribution in [2.45, 2.75) is 52.3 Å². The van der Waals surface area contributed by atoms with Crippen LogP contribution in [0.1, 0.15) is 43.8 Å². The SMILES string of the molecule is Cc1cc(-c2nsc3c(-c4c(C)nnn4C)cc(N4CCOC[C@H]4C)nc23)n(C2CCCCO2)n1. The van der Waals surface area contributed by atoms with Crippen LogP contribution in [0.5, 0.6) is 0 Å². The van der Waals surface area contributed by atoms with Crippen molar-refractivity contribution >= 4 is 27.6 Å². The molecule has 10 nitrogen and oxygen atoms in total. The number of pyridine rings is 1. The maximum absolute atomic E-state index is 6.09. The molecule has 2 aliphatic heterocycles. The van der Waals surface area contributed by atoms with E-state index in [1.54, 1.807) is 0 Å². The summed E-state index contributed by atoms with van der Waals surface area (Å²) in [7, 11) is 1.93. The summed E-state index contributed by atoms with van der Waals surface area (Å²) in [6.45, 7) is 9.10. The topological polar surface area (TPSA) is 96.0 Å². The predicted molar refractivity (Wildman–Crippen MR) is 135 cm³/mol. The van der Waals surface area contributed by atoms with E-state index in [0.717, 1.165) is 82.5 Å². The van der Waals surface area contributed by atoms with Gasteiger partial charge in [-0.2, -0.15) is 9.47 Å². The standard InChI is InChI=1S/C24H30N8O2S/c1-14-11-18(32(27-14)20-7-5-6-9-34-20)21-22-24(35-28-21)17(23-16(3)26-29-30(23)4)12-19(25-22)31-8-10-33-13-15(31)2/h11-12,15,20H,5-10,13H2,1-4H3/t15-,20?/m1/s1. The Bertz CT molecular complexity index is 1350. The number of rotatable bonds is 4. The lowest BCUT2D eigenvalue weighted by Crippen LogP contribution is -2.44. The molecule has 4 aromatic heterocycles. The Kier molecular flexibility index (Phi) is 5.78. The van der Waals surface area contributed by atoms with E-state index in [1.165, 1.54) is 11.5 Å². The Labute approximate surface area is 208 Å². The first-order valence-corrected chi connectivity index (χ1v) is 13.0. The molecular formula is C24H30N8O2S. The van der Waals surface area contributed by atoms with Gasteiger partial charge in [0.1, 0.15) is 17.0 Å². The quantitative estimate of drug-likeness (QED) is 0.422. The number of nitrogens with zero attached hydrogens (tertiary/aromatic N) is 8. The fourth-order valence-electron chi connectivity index (χ4n) is 5.13. The zero-order chi connectivity index (χ0) is 24.1. The molecule has 6 heterocycles. The predicted octanol–water partition coefficient (Wildman–Crippen LogP) is 3.89.